The van der Waals surface area contributed by atoms with Gasteiger partial charge in [-0.2, -0.15) is 0 Å². The zero-order chi connectivity index (χ0) is 18.8. The Labute approximate surface area is 162 Å². The van der Waals surface area contributed by atoms with Crippen LogP contribution in [0.1, 0.15) is 25.3 Å². The highest BCUT2D eigenvalue weighted by Gasteiger charge is 2.13. The van der Waals surface area contributed by atoms with Gasteiger partial charge in [0, 0.05) is 16.6 Å². The van der Waals surface area contributed by atoms with Crippen molar-refractivity contribution in [3.05, 3.63) is 65.8 Å². The minimum absolute atomic E-state index is 0.517. The van der Waals surface area contributed by atoms with Gasteiger partial charge in [0.15, 0.2) is 0 Å². The van der Waals surface area contributed by atoms with Gasteiger partial charge in [-0.25, -0.2) is 9.97 Å². The maximum atomic E-state index is 5.27. The number of hydrogen-bond donors (Lipinski definition) is 1. The molecule has 0 saturated heterocycles. The van der Waals surface area contributed by atoms with E-state index in [9.17, 15) is 0 Å². The fraction of sp³-hybridized carbons (Fsp3) is 0.182. The van der Waals surface area contributed by atoms with Crippen molar-refractivity contribution >= 4 is 33.1 Å². The molecule has 0 atom stereocenters. The molecular weight excluding hydrogens is 354 g/mol. The number of rotatable bonds is 5. The van der Waals surface area contributed by atoms with Crippen molar-refractivity contribution in [1.29, 1.82) is 0 Å². The van der Waals surface area contributed by atoms with Crippen LogP contribution in [0.2, 0.25) is 0 Å². The molecule has 0 fully saturated rings. The van der Waals surface area contributed by atoms with Gasteiger partial charge in [0.1, 0.15) is 22.7 Å². The number of aromatic nitrogens is 2. The monoisotopic (exact) mass is 375 g/mol. The van der Waals surface area contributed by atoms with Crippen LogP contribution in [0.5, 0.6) is 5.75 Å². The number of nitrogens with one attached hydrogen (secondary N) is 1. The molecule has 0 radical (unpaired) electrons. The first-order valence-electron chi connectivity index (χ1n) is 8.89. The summed E-state index contributed by atoms with van der Waals surface area (Å²) in [6.45, 7) is 4.39. The summed E-state index contributed by atoms with van der Waals surface area (Å²) in [4.78, 5) is 9.92. The molecule has 5 heteroatoms. The van der Waals surface area contributed by atoms with Crippen LogP contribution < -0.4 is 10.1 Å². The molecule has 0 unspecified atom stereocenters. The normalized spacial score (nSPS) is 11.1. The predicted octanol–water partition coefficient (Wildman–Crippen LogP) is 6.23. The topological polar surface area (TPSA) is 47.0 Å². The predicted molar refractivity (Wildman–Crippen MR) is 113 cm³/mol. The third-order valence-corrected chi connectivity index (χ3v) is 5.50. The molecule has 4 nitrogen and oxygen atoms in total. The number of hydrogen-bond acceptors (Lipinski definition) is 5. The Morgan fingerprint density at radius 1 is 0.963 bits per heavy atom. The van der Waals surface area contributed by atoms with Gasteiger partial charge in [0.05, 0.1) is 12.5 Å². The first-order valence-corrected chi connectivity index (χ1v) is 9.77. The number of thiophene rings is 1. The summed E-state index contributed by atoms with van der Waals surface area (Å²) in [7, 11) is 1.68. The van der Waals surface area contributed by atoms with Crippen molar-refractivity contribution in [1.82, 2.24) is 9.97 Å². The van der Waals surface area contributed by atoms with Crippen LogP contribution in [-0.4, -0.2) is 17.1 Å². The SMILES string of the molecule is COc1ccc(-c2csc3ncnc(Nc4ccc(C(C)C)cc4)c23)cc1. The number of nitrogens with zero attached hydrogens (tertiary/aromatic N) is 2. The Kier molecular flexibility index (Phi) is 4.77. The van der Waals surface area contributed by atoms with Gasteiger partial charge < -0.3 is 10.1 Å². The van der Waals surface area contributed by atoms with E-state index in [2.05, 4.69) is 70.9 Å². The minimum atomic E-state index is 0.517. The number of anilines is 2. The molecule has 0 spiro atoms. The lowest BCUT2D eigenvalue weighted by atomic mass is 10.0. The minimum Gasteiger partial charge on any atom is -0.497 e. The van der Waals surface area contributed by atoms with Crippen molar-refractivity contribution in [2.45, 2.75) is 19.8 Å². The van der Waals surface area contributed by atoms with E-state index in [-0.39, 0.29) is 0 Å². The molecule has 0 bridgehead atoms. The molecule has 2 heterocycles. The summed E-state index contributed by atoms with van der Waals surface area (Å²) in [5.74, 6) is 2.19. The molecule has 1 N–H and O–H groups in total. The molecule has 27 heavy (non-hydrogen) atoms. The van der Waals surface area contributed by atoms with Gasteiger partial charge >= 0.3 is 0 Å². The Morgan fingerprint density at radius 3 is 2.37 bits per heavy atom. The van der Waals surface area contributed by atoms with E-state index in [1.54, 1.807) is 24.8 Å². The first-order chi connectivity index (χ1) is 13.2. The van der Waals surface area contributed by atoms with Crippen LogP contribution >= 0.6 is 11.3 Å². The van der Waals surface area contributed by atoms with Crippen LogP contribution in [-0.2, 0) is 0 Å². The Morgan fingerprint density at radius 2 is 1.70 bits per heavy atom. The largest absolute Gasteiger partial charge is 0.497 e. The zero-order valence-electron chi connectivity index (χ0n) is 15.6. The van der Waals surface area contributed by atoms with Gasteiger partial charge in [-0.15, -0.1) is 11.3 Å². The highest BCUT2D eigenvalue weighted by molar-refractivity contribution is 7.17. The van der Waals surface area contributed by atoms with Crippen molar-refractivity contribution in [2.75, 3.05) is 12.4 Å². The maximum Gasteiger partial charge on any atom is 0.143 e. The van der Waals surface area contributed by atoms with Crippen molar-refractivity contribution < 1.29 is 4.74 Å². The molecule has 4 rings (SSSR count). The average molecular weight is 375 g/mol. The highest BCUT2D eigenvalue weighted by atomic mass is 32.1. The number of benzene rings is 2. The summed E-state index contributed by atoms with van der Waals surface area (Å²) < 4.78 is 5.27. The van der Waals surface area contributed by atoms with E-state index >= 15 is 0 Å². The number of fused-ring (bicyclic) bond motifs is 1. The van der Waals surface area contributed by atoms with E-state index in [1.807, 2.05) is 12.1 Å². The van der Waals surface area contributed by atoms with Crippen LogP contribution in [0.25, 0.3) is 21.3 Å². The van der Waals surface area contributed by atoms with Crippen molar-refractivity contribution in [3.8, 4) is 16.9 Å². The maximum absolute atomic E-state index is 5.27. The van der Waals surface area contributed by atoms with Gasteiger partial charge in [-0.1, -0.05) is 38.1 Å². The van der Waals surface area contributed by atoms with Gasteiger partial charge in [-0.05, 0) is 41.3 Å². The molecule has 0 amide bonds. The first kappa shape index (κ1) is 17.5. The van der Waals surface area contributed by atoms with Crippen LogP contribution in [0, 0.1) is 0 Å². The fourth-order valence-corrected chi connectivity index (χ4v) is 3.96. The summed E-state index contributed by atoms with van der Waals surface area (Å²) in [6, 6.07) is 16.6. The summed E-state index contributed by atoms with van der Waals surface area (Å²) in [6.07, 6.45) is 1.61. The summed E-state index contributed by atoms with van der Waals surface area (Å²) in [5, 5.41) is 6.64. The van der Waals surface area contributed by atoms with E-state index in [4.69, 9.17) is 4.74 Å². The molecule has 2 aromatic carbocycles. The lowest BCUT2D eigenvalue weighted by Crippen LogP contribution is -1.96. The number of ether oxygens (including phenoxy) is 1. The Balaban J connectivity index is 1.73. The van der Waals surface area contributed by atoms with Gasteiger partial charge in [-0.3, -0.25) is 0 Å². The van der Waals surface area contributed by atoms with Gasteiger partial charge in [0.2, 0.25) is 0 Å². The van der Waals surface area contributed by atoms with Crippen LogP contribution in [0.3, 0.4) is 0 Å². The fourth-order valence-electron chi connectivity index (χ4n) is 3.04. The Bertz CT molecular complexity index is 1050. The second-order valence-electron chi connectivity index (χ2n) is 6.68. The average Bonchev–Trinajstić information content (AvgIpc) is 3.14. The third-order valence-electron chi connectivity index (χ3n) is 4.61. The highest BCUT2D eigenvalue weighted by Crippen LogP contribution is 2.38. The second kappa shape index (κ2) is 7.37. The third kappa shape index (κ3) is 3.51. The quantitative estimate of drug-likeness (QED) is 0.449. The Hall–Kier alpha value is -2.92. The lowest BCUT2D eigenvalue weighted by Gasteiger charge is -2.10. The smallest absolute Gasteiger partial charge is 0.143 e. The molecular formula is C22H21N3OS. The molecule has 0 aliphatic rings. The van der Waals surface area contributed by atoms with E-state index in [1.165, 1.54) is 5.56 Å². The molecule has 4 aromatic rings. The van der Waals surface area contributed by atoms with Crippen LogP contribution in [0.4, 0.5) is 11.5 Å². The molecule has 136 valence electrons. The van der Waals surface area contributed by atoms with E-state index in [0.29, 0.717) is 5.92 Å². The summed E-state index contributed by atoms with van der Waals surface area (Å²) in [5.41, 5.74) is 4.59. The second-order valence-corrected chi connectivity index (χ2v) is 7.54. The molecule has 0 aliphatic heterocycles. The zero-order valence-corrected chi connectivity index (χ0v) is 16.4. The summed E-state index contributed by atoms with van der Waals surface area (Å²) >= 11 is 1.63. The van der Waals surface area contributed by atoms with Gasteiger partial charge in [0.25, 0.3) is 0 Å². The molecule has 0 saturated carbocycles. The van der Waals surface area contributed by atoms with Crippen LogP contribution in [0.15, 0.2) is 60.2 Å². The standard InChI is InChI=1S/C22H21N3OS/c1-14(2)15-4-8-17(9-5-15)25-21-20-19(12-27-22(20)24-13-23-21)16-6-10-18(26-3)11-7-16/h4-14H,1-3H3,(H,23,24,25). The van der Waals surface area contributed by atoms with Crippen molar-refractivity contribution in [3.63, 3.8) is 0 Å². The van der Waals surface area contributed by atoms with E-state index in [0.717, 1.165) is 38.6 Å². The van der Waals surface area contributed by atoms with Crippen molar-refractivity contribution in [2.24, 2.45) is 0 Å². The lowest BCUT2D eigenvalue weighted by molar-refractivity contribution is 0.415. The number of methoxy groups -OCH3 is 1. The van der Waals surface area contributed by atoms with E-state index < -0.39 is 0 Å². The molecule has 0 aliphatic carbocycles. The molecule has 2 aromatic heterocycles.